The van der Waals surface area contributed by atoms with Crippen molar-refractivity contribution in [3.8, 4) is 5.75 Å². The van der Waals surface area contributed by atoms with Crippen molar-refractivity contribution in [1.82, 2.24) is 25.8 Å². The van der Waals surface area contributed by atoms with E-state index in [0.717, 1.165) is 16.7 Å². The first-order valence-electron chi connectivity index (χ1n) is 17.7. The lowest BCUT2D eigenvalue weighted by atomic mass is 9.98. The summed E-state index contributed by atoms with van der Waals surface area (Å²) in [7, 11) is 3.73. The molecule has 10 nitrogen and oxygen atoms in total. The maximum atomic E-state index is 14.5. The molecule has 1 saturated heterocycles. The number of ether oxygens (including phenoxy) is 1. The monoisotopic (exact) mass is 699 g/mol. The molecule has 0 spiro atoms. The van der Waals surface area contributed by atoms with Gasteiger partial charge < -0.3 is 25.6 Å². The highest BCUT2D eigenvalue weighted by Gasteiger charge is 2.42. The van der Waals surface area contributed by atoms with Gasteiger partial charge in [0.25, 0.3) is 0 Å². The van der Waals surface area contributed by atoms with Gasteiger partial charge in [0.15, 0.2) is 6.10 Å². The number of carbonyl (C=O) groups is 4. The molecule has 4 aromatic rings. The van der Waals surface area contributed by atoms with Gasteiger partial charge in [0, 0.05) is 19.2 Å². The van der Waals surface area contributed by atoms with E-state index in [2.05, 4.69) is 16.0 Å². The van der Waals surface area contributed by atoms with Gasteiger partial charge in [-0.15, -0.1) is 0 Å². The first kappa shape index (κ1) is 36.1. The Hall–Kier alpha value is -5.74. The van der Waals surface area contributed by atoms with Gasteiger partial charge >= 0.3 is 0 Å². The predicted octanol–water partition coefficient (Wildman–Crippen LogP) is 4.28. The molecule has 0 unspecified atom stereocenters. The number of carbonyl (C=O) groups excluding carboxylic acids is 4. The zero-order chi connectivity index (χ0) is 36.5. The van der Waals surface area contributed by atoms with Crippen molar-refractivity contribution < 1.29 is 23.9 Å². The number of hydrogen-bond acceptors (Lipinski definition) is 6. The van der Waals surface area contributed by atoms with Gasteiger partial charge in [0.1, 0.15) is 23.9 Å². The fourth-order valence-corrected chi connectivity index (χ4v) is 6.77. The minimum Gasteiger partial charge on any atom is -0.483 e. The maximum Gasteiger partial charge on any atom is 0.247 e. The van der Waals surface area contributed by atoms with Gasteiger partial charge in [0.05, 0.1) is 6.04 Å². The fourth-order valence-electron chi connectivity index (χ4n) is 6.77. The van der Waals surface area contributed by atoms with E-state index in [9.17, 15) is 19.2 Å². The smallest absolute Gasteiger partial charge is 0.247 e. The van der Waals surface area contributed by atoms with Gasteiger partial charge in [0.2, 0.25) is 23.6 Å². The van der Waals surface area contributed by atoms with Gasteiger partial charge in [-0.25, -0.2) is 0 Å². The molecular formula is C42H45N5O5. The molecule has 3 aliphatic heterocycles. The molecule has 10 heteroatoms. The lowest BCUT2D eigenvalue weighted by Gasteiger charge is -2.34. The van der Waals surface area contributed by atoms with E-state index in [1.165, 1.54) is 0 Å². The van der Waals surface area contributed by atoms with Crippen LogP contribution in [0.25, 0.3) is 6.08 Å². The Kier molecular flexibility index (Phi) is 11.8. The van der Waals surface area contributed by atoms with E-state index >= 15 is 0 Å². The molecule has 4 amide bonds. The Bertz CT molecular complexity index is 1850. The Labute approximate surface area is 304 Å². The van der Waals surface area contributed by atoms with Crippen LogP contribution in [0.15, 0.2) is 121 Å². The summed E-state index contributed by atoms with van der Waals surface area (Å²) in [6, 6.07) is 32.2. The molecule has 2 bridgehead atoms. The summed E-state index contributed by atoms with van der Waals surface area (Å²) >= 11 is 0. The number of likely N-dealkylation sites (N-methyl/N-ethyl adjacent to an activating group) is 1. The lowest BCUT2D eigenvalue weighted by molar-refractivity contribution is -0.143. The molecule has 0 radical (unpaired) electrons. The molecule has 5 atom stereocenters. The number of hydrogen-bond donors (Lipinski definition) is 3. The Morgan fingerprint density at radius 1 is 0.846 bits per heavy atom. The van der Waals surface area contributed by atoms with Crippen LogP contribution in [0.5, 0.6) is 5.75 Å². The van der Waals surface area contributed by atoms with Gasteiger partial charge in [-0.1, -0.05) is 103 Å². The van der Waals surface area contributed by atoms with E-state index in [-0.39, 0.29) is 12.3 Å². The number of likely N-dealkylation sites (tertiary alicyclic amines) is 1. The highest BCUT2D eigenvalue weighted by molar-refractivity contribution is 5.96. The van der Waals surface area contributed by atoms with Crippen LogP contribution in [0.3, 0.4) is 0 Å². The second-order valence-electron chi connectivity index (χ2n) is 13.5. The third kappa shape index (κ3) is 8.94. The largest absolute Gasteiger partial charge is 0.483 e. The van der Waals surface area contributed by atoms with Crippen LogP contribution in [-0.4, -0.2) is 78.2 Å². The van der Waals surface area contributed by atoms with Crippen molar-refractivity contribution in [3.05, 3.63) is 144 Å². The minimum atomic E-state index is -1.27. The van der Waals surface area contributed by atoms with Crippen molar-refractivity contribution in [3.63, 3.8) is 0 Å². The highest BCUT2D eigenvalue weighted by Crippen LogP contribution is 2.28. The average molecular weight is 700 g/mol. The number of benzene rings is 4. The summed E-state index contributed by atoms with van der Waals surface area (Å²) < 4.78 is 6.55. The number of fused-ring (bicyclic) bond motifs is 10. The van der Waals surface area contributed by atoms with Crippen molar-refractivity contribution in [1.29, 1.82) is 0 Å². The summed E-state index contributed by atoms with van der Waals surface area (Å²) in [4.78, 5) is 60.2. The molecule has 268 valence electrons. The number of nitrogens with zero attached hydrogens (tertiary/aromatic N) is 2. The van der Waals surface area contributed by atoms with E-state index in [1.807, 2.05) is 122 Å². The van der Waals surface area contributed by atoms with Crippen molar-refractivity contribution >= 4 is 29.7 Å². The van der Waals surface area contributed by atoms with Crippen LogP contribution in [0.2, 0.25) is 0 Å². The summed E-state index contributed by atoms with van der Waals surface area (Å²) in [5, 5.41) is 8.75. The van der Waals surface area contributed by atoms with Crippen LogP contribution >= 0.6 is 0 Å². The Balaban J connectivity index is 1.33. The first-order valence-corrected chi connectivity index (χ1v) is 17.7. The van der Waals surface area contributed by atoms with Gasteiger partial charge in [-0.2, -0.15) is 0 Å². The molecule has 0 saturated carbocycles. The van der Waals surface area contributed by atoms with Crippen LogP contribution in [0.4, 0.5) is 0 Å². The normalized spacial score (nSPS) is 21.1. The summed E-state index contributed by atoms with van der Waals surface area (Å²) in [6.45, 7) is 0.421. The third-order valence-electron chi connectivity index (χ3n) is 9.59. The SMILES string of the molecule is CN(C)[C@@H](Cc1ccccc1)C(=O)N1CCC[C@@H]1C(=O)N[C@H]1C(=O)N[C@H](Cc2ccccc2)C(=O)NC=Cc2ccc(cc2)O[C@@H]1c1ccccc1. The number of amides is 4. The average Bonchev–Trinajstić information content (AvgIpc) is 3.66. The topological polar surface area (TPSA) is 120 Å². The van der Waals surface area contributed by atoms with E-state index in [1.54, 1.807) is 29.3 Å². The third-order valence-corrected chi connectivity index (χ3v) is 9.59. The molecule has 52 heavy (non-hydrogen) atoms. The molecular weight excluding hydrogens is 654 g/mol. The Morgan fingerprint density at radius 2 is 1.48 bits per heavy atom. The van der Waals surface area contributed by atoms with E-state index < -0.39 is 48.0 Å². The van der Waals surface area contributed by atoms with Crippen molar-refractivity contribution in [2.75, 3.05) is 20.6 Å². The predicted molar refractivity (Wildman–Crippen MR) is 200 cm³/mol. The van der Waals surface area contributed by atoms with Gasteiger partial charge in [-0.05, 0) is 73.8 Å². The maximum absolute atomic E-state index is 14.5. The second-order valence-corrected chi connectivity index (χ2v) is 13.5. The first-order chi connectivity index (χ1) is 25.3. The molecule has 1 fully saturated rings. The van der Waals surface area contributed by atoms with Crippen LogP contribution in [0.1, 0.15) is 41.2 Å². The summed E-state index contributed by atoms with van der Waals surface area (Å²) in [5.41, 5.74) is 3.36. The van der Waals surface area contributed by atoms with Crippen LogP contribution in [-0.2, 0) is 32.0 Å². The summed E-state index contributed by atoms with van der Waals surface area (Å²) in [6.07, 6.45) is 4.13. The quantitative estimate of drug-likeness (QED) is 0.240. The Morgan fingerprint density at radius 3 is 2.13 bits per heavy atom. The van der Waals surface area contributed by atoms with Crippen molar-refractivity contribution in [2.45, 2.75) is 56.0 Å². The van der Waals surface area contributed by atoms with Crippen molar-refractivity contribution in [2.24, 2.45) is 0 Å². The zero-order valence-corrected chi connectivity index (χ0v) is 29.5. The standard InChI is InChI=1S/C42H45N5O5/c1-46(2)36(28-31-15-8-4-9-16-31)42(51)47-26-12-19-35(47)40(49)45-37-38(32-17-10-5-11-18-32)52-33-22-20-29(21-23-33)24-25-43-39(48)34(44-41(37)50)27-30-13-6-3-7-14-30/h3-11,13-18,20-25,34-38H,12,19,26-28H2,1-2H3,(H,43,48)(H,44,50)(H,45,49)/t34-,35-,36+,37-,38-/m1/s1. The molecule has 4 aromatic carbocycles. The van der Waals surface area contributed by atoms with Gasteiger partial charge in [-0.3, -0.25) is 24.1 Å². The van der Waals surface area contributed by atoms with Crippen LogP contribution in [0, 0.1) is 0 Å². The van der Waals surface area contributed by atoms with E-state index in [0.29, 0.717) is 37.1 Å². The summed E-state index contributed by atoms with van der Waals surface area (Å²) in [5.74, 6) is -1.12. The molecule has 3 N–H and O–H groups in total. The molecule has 3 aliphatic rings. The number of rotatable bonds is 9. The fraction of sp³-hybridized carbons (Fsp3) is 0.286. The van der Waals surface area contributed by atoms with E-state index in [4.69, 9.17) is 4.74 Å². The molecule has 3 heterocycles. The number of nitrogens with one attached hydrogen (secondary N) is 3. The zero-order valence-electron chi connectivity index (χ0n) is 29.5. The highest BCUT2D eigenvalue weighted by atomic mass is 16.5. The molecule has 7 rings (SSSR count). The molecule has 0 aliphatic carbocycles. The lowest BCUT2D eigenvalue weighted by Crippen LogP contribution is -2.59. The van der Waals surface area contributed by atoms with Crippen LogP contribution < -0.4 is 20.7 Å². The second kappa shape index (κ2) is 17.0. The molecule has 0 aromatic heterocycles. The minimum absolute atomic E-state index is 0.148.